The Kier molecular flexibility index (Phi) is 6.97. The van der Waals surface area contributed by atoms with Gasteiger partial charge in [-0.2, -0.15) is 0 Å². The number of nitrogens with one attached hydrogen (secondary N) is 2. The standard InChI is InChI=1S/C21H25N5OS/c1-15-16(2)28-20(26-15)13-25-21(22-3)24-12-18-9-10-23-19(11-18)27-14-17-7-5-4-6-8-17/h4-11H,12-14H2,1-3H3,(H2,22,24,25). The van der Waals surface area contributed by atoms with E-state index >= 15 is 0 Å². The van der Waals surface area contributed by atoms with Crippen molar-refractivity contribution in [2.24, 2.45) is 4.99 Å². The van der Waals surface area contributed by atoms with Crippen LogP contribution < -0.4 is 15.4 Å². The van der Waals surface area contributed by atoms with Crippen molar-refractivity contribution in [2.45, 2.75) is 33.5 Å². The summed E-state index contributed by atoms with van der Waals surface area (Å²) in [4.78, 5) is 14.3. The van der Waals surface area contributed by atoms with Crippen LogP contribution in [-0.2, 0) is 19.7 Å². The molecule has 3 aromatic rings. The summed E-state index contributed by atoms with van der Waals surface area (Å²) in [5.74, 6) is 1.34. The monoisotopic (exact) mass is 395 g/mol. The van der Waals surface area contributed by atoms with E-state index in [1.54, 1.807) is 24.6 Å². The number of nitrogens with zero attached hydrogens (tertiary/aromatic N) is 3. The highest BCUT2D eigenvalue weighted by atomic mass is 32.1. The van der Waals surface area contributed by atoms with Gasteiger partial charge in [-0.3, -0.25) is 4.99 Å². The molecule has 1 aromatic carbocycles. The van der Waals surface area contributed by atoms with Crippen LogP contribution in [0.5, 0.6) is 5.88 Å². The average molecular weight is 396 g/mol. The van der Waals surface area contributed by atoms with Crippen molar-refractivity contribution in [2.75, 3.05) is 7.05 Å². The third-order valence-corrected chi connectivity index (χ3v) is 5.27. The number of guanidine groups is 1. The fourth-order valence-electron chi connectivity index (χ4n) is 2.55. The minimum absolute atomic E-state index is 0.501. The summed E-state index contributed by atoms with van der Waals surface area (Å²) in [6.45, 7) is 5.90. The zero-order valence-electron chi connectivity index (χ0n) is 16.4. The lowest BCUT2D eigenvalue weighted by Gasteiger charge is -2.12. The van der Waals surface area contributed by atoms with E-state index in [1.165, 1.54) is 4.88 Å². The molecule has 0 aliphatic heterocycles. The lowest BCUT2D eigenvalue weighted by molar-refractivity contribution is 0.293. The number of aromatic nitrogens is 2. The summed E-state index contributed by atoms with van der Waals surface area (Å²) >= 11 is 1.71. The topological polar surface area (TPSA) is 71.4 Å². The molecule has 0 radical (unpaired) electrons. The number of benzene rings is 1. The van der Waals surface area contributed by atoms with Crippen LogP contribution >= 0.6 is 11.3 Å². The van der Waals surface area contributed by atoms with Crippen molar-refractivity contribution in [3.8, 4) is 5.88 Å². The number of rotatable bonds is 7. The van der Waals surface area contributed by atoms with Gasteiger partial charge < -0.3 is 15.4 Å². The Bertz CT molecular complexity index is 904. The number of pyridine rings is 1. The van der Waals surface area contributed by atoms with Crippen LogP contribution in [0.4, 0.5) is 0 Å². The average Bonchev–Trinajstić information content (AvgIpc) is 3.05. The molecule has 0 saturated carbocycles. The Morgan fingerprint density at radius 1 is 1.07 bits per heavy atom. The largest absolute Gasteiger partial charge is 0.473 e. The molecule has 0 spiro atoms. The molecule has 0 unspecified atom stereocenters. The fraction of sp³-hybridized carbons (Fsp3) is 0.286. The van der Waals surface area contributed by atoms with Crippen molar-refractivity contribution in [1.82, 2.24) is 20.6 Å². The van der Waals surface area contributed by atoms with Gasteiger partial charge in [0.25, 0.3) is 0 Å². The van der Waals surface area contributed by atoms with E-state index in [2.05, 4.69) is 32.5 Å². The van der Waals surface area contributed by atoms with Gasteiger partial charge in [-0.25, -0.2) is 9.97 Å². The summed E-state index contributed by atoms with van der Waals surface area (Å²) in [5, 5.41) is 7.66. The second kappa shape index (κ2) is 9.85. The molecule has 2 N–H and O–H groups in total. The zero-order valence-corrected chi connectivity index (χ0v) is 17.2. The summed E-state index contributed by atoms with van der Waals surface area (Å²) in [7, 11) is 1.76. The van der Waals surface area contributed by atoms with Crippen LogP contribution in [0, 0.1) is 13.8 Å². The molecule has 0 aliphatic rings. The van der Waals surface area contributed by atoms with Crippen LogP contribution in [0.2, 0.25) is 0 Å². The maximum Gasteiger partial charge on any atom is 0.213 e. The molecule has 2 aromatic heterocycles. The smallest absolute Gasteiger partial charge is 0.213 e. The van der Waals surface area contributed by atoms with Gasteiger partial charge in [0.1, 0.15) is 11.6 Å². The molecule has 0 aliphatic carbocycles. The van der Waals surface area contributed by atoms with Crippen molar-refractivity contribution in [3.63, 3.8) is 0 Å². The van der Waals surface area contributed by atoms with Crippen LogP contribution in [-0.4, -0.2) is 23.0 Å². The normalized spacial score (nSPS) is 11.3. The van der Waals surface area contributed by atoms with Crippen LogP contribution in [0.15, 0.2) is 53.7 Å². The first kappa shape index (κ1) is 19.8. The van der Waals surface area contributed by atoms with Gasteiger partial charge in [0.15, 0.2) is 5.96 Å². The molecule has 0 saturated heterocycles. The molecule has 0 amide bonds. The van der Waals surface area contributed by atoms with Crippen molar-refractivity contribution in [1.29, 1.82) is 0 Å². The molecule has 2 heterocycles. The van der Waals surface area contributed by atoms with E-state index in [1.807, 2.05) is 49.4 Å². The van der Waals surface area contributed by atoms with Crippen molar-refractivity contribution >= 4 is 17.3 Å². The Hall–Kier alpha value is -2.93. The molecule has 0 atom stereocenters. The second-order valence-electron chi connectivity index (χ2n) is 6.31. The first-order valence-corrected chi connectivity index (χ1v) is 9.95. The number of ether oxygens (including phenoxy) is 1. The second-order valence-corrected chi connectivity index (χ2v) is 7.59. The lowest BCUT2D eigenvalue weighted by atomic mass is 10.2. The summed E-state index contributed by atoms with van der Waals surface area (Å²) < 4.78 is 5.79. The highest BCUT2D eigenvalue weighted by molar-refractivity contribution is 7.11. The van der Waals surface area contributed by atoms with Gasteiger partial charge in [-0.05, 0) is 31.0 Å². The molecule has 28 heavy (non-hydrogen) atoms. The lowest BCUT2D eigenvalue weighted by Crippen LogP contribution is -2.36. The highest BCUT2D eigenvalue weighted by Crippen LogP contribution is 2.16. The van der Waals surface area contributed by atoms with E-state index in [0.717, 1.165) is 27.8 Å². The van der Waals surface area contributed by atoms with E-state index in [0.29, 0.717) is 25.6 Å². The predicted octanol–water partition coefficient (Wildman–Crippen LogP) is 3.60. The SMILES string of the molecule is CN=C(NCc1ccnc(OCc2ccccc2)c1)NCc1nc(C)c(C)s1. The summed E-state index contributed by atoms with van der Waals surface area (Å²) in [6, 6.07) is 14.0. The Labute approximate surface area is 169 Å². The first-order valence-electron chi connectivity index (χ1n) is 9.13. The summed E-state index contributed by atoms with van der Waals surface area (Å²) in [6.07, 6.45) is 1.76. The first-order chi connectivity index (χ1) is 13.6. The molecule has 3 rings (SSSR count). The molecule has 0 bridgehead atoms. The molecular weight excluding hydrogens is 370 g/mol. The minimum Gasteiger partial charge on any atom is -0.473 e. The summed E-state index contributed by atoms with van der Waals surface area (Å²) in [5.41, 5.74) is 3.27. The molecule has 6 nitrogen and oxygen atoms in total. The van der Waals surface area contributed by atoms with Crippen LogP contribution in [0.3, 0.4) is 0 Å². The van der Waals surface area contributed by atoms with Crippen molar-refractivity contribution < 1.29 is 4.74 Å². The van der Waals surface area contributed by atoms with E-state index in [-0.39, 0.29) is 0 Å². The van der Waals surface area contributed by atoms with E-state index < -0.39 is 0 Å². The van der Waals surface area contributed by atoms with Gasteiger partial charge in [-0.15, -0.1) is 11.3 Å². The van der Waals surface area contributed by atoms with Gasteiger partial charge in [-0.1, -0.05) is 30.3 Å². The maximum absolute atomic E-state index is 5.79. The number of hydrogen-bond acceptors (Lipinski definition) is 5. The quantitative estimate of drug-likeness (QED) is 0.472. The van der Waals surface area contributed by atoms with Crippen LogP contribution in [0.25, 0.3) is 0 Å². The fourth-order valence-corrected chi connectivity index (χ4v) is 3.43. The Balaban J connectivity index is 1.50. The van der Waals surface area contributed by atoms with E-state index in [4.69, 9.17) is 4.74 Å². The Morgan fingerprint density at radius 2 is 1.86 bits per heavy atom. The maximum atomic E-state index is 5.79. The Morgan fingerprint density at radius 3 is 2.57 bits per heavy atom. The molecule has 0 fully saturated rings. The number of aryl methyl sites for hydroxylation is 2. The van der Waals surface area contributed by atoms with Gasteiger partial charge in [0.05, 0.1) is 12.2 Å². The zero-order chi connectivity index (χ0) is 19.8. The number of thiazole rings is 1. The third kappa shape index (κ3) is 5.79. The molecule has 7 heteroatoms. The van der Waals surface area contributed by atoms with Crippen molar-refractivity contribution in [3.05, 3.63) is 75.4 Å². The molecule has 146 valence electrons. The predicted molar refractivity (Wildman–Crippen MR) is 114 cm³/mol. The highest BCUT2D eigenvalue weighted by Gasteiger charge is 2.05. The number of hydrogen-bond donors (Lipinski definition) is 2. The van der Waals surface area contributed by atoms with Gasteiger partial charge in [0.2, 0.25) is 5.88 Å². The third-order valence-electron chi connectivity index (χ3n) is 4.19. The van der Waals surface area contributed by atoms with Gasteiger partial charge in [0, 0.05) is 30.7 Å². The van der Waals surface area contributed by atoms with E-state index in [9.17, 15) is 0 Å². The minimum atomic E-state index is 0.501. The van der Waals surface area contributed by atoms with Gasteiger partial charge >= 0.3 is 0 Å². The van der Waals surface area contributed by atoms with Crippen LogP contribution in [0.1, 0.15) is 26.7 Å². The molecular formula is C21H25N5OS. The number of aliphatic imine (C=N–C) groups is 1.